The topological polar surface area (TPSA) is 68.4 Å². The van der Waals surface area contributed by atoms with Crippen molar-refractivity contribution in [2.75, 3.05) is 5.73 Å². The zero-order valence-electron chi connectivity index (χ0n) is 11.6. The first-order valence-electron chi connectivity index (χ1n) is 6.25. The number of nitrogens with two attached hydrogens (primary N) is 1. The number of nitrogens with zero attached hydrogens (tertiary/aromatic N) is 1. The standard InChI is InChI=1S/C16H14N2O2.B/c1-10-8-14-13(9-15(10)19)16(6-7-18-14)20-12-4-2-11(17)3-5-12;/h2-9,19H,17H2,1H3;. The maximum Gasteiger partial charge on any atom is 0.138 e. The molecule has 0 spiro atoms. The molecule has 103 valence electrons. The summed E-state index contributed by atoms with van der Waals surface area (Å²) < 4.78 is 5.83. The van der Waals surface area contributed by atoms with E-state index in [1.54, 1.807) is 42.6 Å². The van der Waals surface area contributed by atoms with Crippen LogP contribution in [0.4, 0.5) is 5.69 Å². The molecule has 2 aromatic carbocycles. The number of aromatic hydroxyl groups is 1. The lowest BCUT2D eigenvalue weighted by Gasteiger charge is -2.10. The molecule has 4 nitrogen and oxygen atoms in total. The third-order valence-corrected chi connectivity index (χ3v) is 3.13. The van der Waals surface area contributed by atoms with Gasteiger partial charge in [-0.3, -0.25) is 4.98 Å². The molecule has 3 N–H and O–H groups in total. The summed E-state index contributed by atoms with van der Waals surface area (Å²) in [6, 6.07) is 12.4. The molecule has 0 unspecified atom stereocenters. The predicted molar refractivity (Wildman–Crippen MR) is 84.8 cm³/mol. The van der Waals surface area contributed by atoms with Gasteiger partial charge in [0.25, 0.3) is 0 Å². The molecule has 21 heavy (non-hydrogen) atoms. The minimum Gasteiger partial charge on any atom is -0.508 e. The SMILES string of the molecule is Cc1cc2nccc(Oc3ccc(N)cc3)c2cc1O.[B]. The molecule has 5 heteroatoms. The number of anilines is 1. The highest BCUT2D eigenvalue weighted by atomic mass is 16.5. The second-order valence-electron chi connectivity index (χ2n) is 4.64. The molecule has 0 aliphatic carbocycles. The van der Waals surface area contributed by atoms with Crippen molar-refractivity contribution in [1.82, 2.24) is 4.98 Å². The number of benzene rings is 2. The van der Waals surface area contributed by atoms with Gasteiger partial charge in [-0.1, -0.05) is 0 Å². The molecular formula is C16H14BN2O2. The van der Waals surface area contributed by atoms with E-state index >= 15 is 0 Å². The minimum atomic E-state index is 0. The molecule has 0 saturated heterocycles. The first-order chi connectivity index (χ1) is 9.63. The molecule has 3 aromatic rings. The number of aromatic nitrogens is 1. The fraction of sp³-hybridized carbons (Fsp3) is 0.0625. The molecular weight excluding hydrogens is 263 g/mol. The first-order valence-corrected chi connectivity index (χ1v) is 6.25. The van der Waals surface area contributed by atoms with Gasteiger partial charge >= 0.3 is 0 Å². The van der Waals surface area contributed by atoms with Crippen LogP contribution in [0, 0.1) is 6.92 Å². The average Bonchev–Trinajstić information content (AvgIpc) is 2.43. The monoisotopic (exact) mass is 277 g/mol. The Balaban J connectivity index is 0.00000161. The van der Waals surface area contributed by atoms with Crippen LogP contribution in [0.15, 0.2) is 48.7 Å². The van der Waals surface area contributed by atoms with Crippen LogP contribution in [0.5, 0.6) is 17.2 Å². The number of hydrogen-bond acceptors (Lipinski definition) is 4. The highest BCUT2D eigenvalue weighted by Crippen LogP contribution is 2.32. The van der Waals surface area contributed by atoms with Crippen LogP contribution in [0.3, 0.4) is 0 Å². The Morgan fingerprint density at radius 1 is 1.10 bits per heavy atom. The summed E-state index contributed by atoms with van der Waals surface area (Å²) in [6.45, 7) is 1.84. The van der Waals surface area contributed by atoms with E-state index in [0.717, 1.165) is 16.5 Å². The van der Waals surface area contributed by atoms with E-state index in [4.69, 9.17) is 10.5 Å². The van der Waals surface area contributed by atoms with E-state index < -0.39 is 0 Å². The lowest BCUT2D eigenvalue weighted by Crippen LogP contribution is -1.89. The molecule has 3 rings (SSSR count). The maximum atomic E-state index is 9.84. The summed E-state index contributed by atoms with van der Waals surface area (Å²) >= 11 is 0. The Bertz CT molecular complexity index is 773. The normalized spacial score (nSPS) is 10.1. The van der Waals surface area contributed by atoms with Crippen molar-refractivity contribution < 1.29 is 9.84 Å². The zero-order chi connectivity index (χ0) is 14.1. The molecule has 0 aliphatic heterocycles. The Kier molecular flexibility index (Phi) is 4.03. The first kappa shape index (κ1) is 14.7. The fourth-order valence-electron chi connectivity index (χ4n) is 2.01. The van der Waals surface area contributed by atoms with E-state index in [-0.39, 0.29) is 14.2 Å². The summed E-state index contributed by atoms with van der Waals surface area (Å²) in [4.78, 5) is 4.29. The van der Waals surface area contributed by atoms with Crippen LogP contribution in [-0.4, -0.2) is 18.5 Å². The van der Waals surface area contributed by atoms with E-state index in [0.29, 0.717) is 17.2 Å². The predicted octanol–water partition coefficient (Wildman–Crippen LogP) is 3.24. The average molecular weight is 277 g/mol. The molecule has 0 aliphatic rings. The van der Waals surface area contributed by atoms with Gasteiger partial charge in [-0.25, -0.2) is 0 Å². The molecule has 1 heterocycles. The van der Waals surface area contributed by atoms with E-state index in [1.165, 1.54) is 0 Å². The van der Waals surface area contributed by atoms with Crippen molar-refractivity contribution in [3.8, 4) is 17.2 Å². The second kappa shape index (κ2) is 5.75. The van der Waals surface area contributed by atoms with Crippen molar-refractivity contribution in [2.45, 2.75) is 6.92 Å². The van der Waals surface area contributed by atoms with Gasteiger partial charge in [0.05, 0.1) is 5.52 Å². The third kappa shape index (κ3) is 2.92. The Morgan fingerprint density at radius 2 is 1.81 bits per heavy atom. The molecule has 0 fully saturated rings. The number of ether oxygens (including phenoxy) is 1. The minimum absolute atomic E-state index is 0. The van der Waals surface area contributed by atoms with Crippen molar-refractivity contribution in [3.63, 3.8) is 0 Å². The van der Waals surface area contributed by atoms with Crippen LogP contribution in [0.25, 0.3) is 10.9 Å². The highest BCUT2D eigenvalue weighted by molar-refractivity contribution is 5.87. The number of phenolic OH excluding ortho intramolecular Hbond substituents is 1. The molecule has 0 atom stereocenters. The van der Waals surface area contributed by atoms with Crippen LogP contribution in [-0.2, 0) is 0 Å². The van der Waals surface area contributed by atoms with Gasteiger partial charge in [0.15, 0.2) is 0 Å². The molecule has 1 aromatic heterocycles. The Labute approximate surface area is 124 Å². The third-order valence-electron chi connectivity index (χ3n) is 3.13. The molecule has 0 saturated carbocycles. The van der Waals surface area contributed by atoms with Crippen LogP contribution >= 0.6 is 0 Å². The maximum absolute atomic E-state index is 9.84. The van der Waals surface area contributed by atoms with Gasteiger partial charge in [0.1, 0.15) is 17.2 Å². The lowest BCUT2D eigenvalue weighted by atomic mass is 10.1. The molecule has 0 bridgehead atoms. The van der Waals surface area contributed by atoms with E-state index in [1.807, 2.05) is 13.0 Å². The largest absolute Gasteiger partial charge is 0.508 e. The number of phenols is 1. The highest BCUT2D eigenvalue weighted by Gasteiger charge is 2.07. The van der Waals surface area contributed by atoms with Crippen LogP contribution < -0.4 is 10.5 Å². The van der Waals surface area contributed by atoms with E-state index in [2.05, 4.69) is 4.98 Å². The van der Waals surface area contributed by atoms with Gasteiger partial charge in [-0.2, -0.15) is 0 Å². The van der Waals surface area contributed by atoms with Gasteiger partial charge in [0.2, 0.25) is 0 Å². The summed E-state index contributed by atoms with van der Waals surface area (Å²) in [7, 11) is 0. The van der Waals surface area contributed by atoms with Crippen LogP contribution in [0.1, 0.15) is 5.56 Å². The number of fused-ring (bicyclic) bond motifs is 1. The number of nitrogen functional groups attached to an aromatic ring is 1. The summed E-state index contributed by atoms with van der Waals surface area (Å²) in [5.74, 6) is 1.56. The van der Waals surface area contributed by atoms with Crippen molar-refractivity contribution >= 4 is 25.0 Å². The lowest BCUT2D eigenvalue weighted by molar-refractivity contribution is 0.470. The van der Waals surface area contributed by atoms with Gasteiger partial charge < -0.3 is 15.6 Å². The number of rotatable bonds is 2. The Morgan fingerprint density at radius 3 is 2.52 bits per heavy atom. The molecule has 3 radical (unpaired) electrons. The number of hydrogen-bond donors (Lipinski definition) is 2. The van der Waals surface area contributed by atoms with Crippen LogP contribution in [0.2, 0.25) is 0 Å². The number of pyridine rings is 1. The fourth-order valence-corrected chi connectivity index (χ4v) is 2.01. The van der Waals surface area contributed by atoms with Crippen molar-refractivity contribution in [3.05, 3.63) is 54.2 Å². The summed E-state index contributed by atoms with van der Waals surface area (Å²) in [5.41, 5.74) is 7.91. The molecule has 0 amide bonds. The van der Waals surface area contributed by atoms with Crippen molar-refractivity contribution in [1.29, 1.82) is 0 Å². The van der Waals surface area contributed by atoms with Gasteiger partial charge in [-0.15, -0.1) is 0 Å². The Hall–Kier alpha value is -2.69. The van der Waals surface area contributed by atoms with E-state index in [9.17, 15) is 5.11 Å². The summed E-state index contributed by atoms with van der Waals surface area (Å²) in [6.07, 6.45) is 1.69. The number of aryl methyl sites for hydroxylation is 1. The van der Waals surface area contributed by atoms with Crippen molar-refractivity contribution in [2.24, 2.45) is 0 Å². The second-order valence-corrected chi connectivity index (χ2v) is 4.64. The van der Waals surface area contributed by atoms with Gasteiger partial charge in [-0.05, 0) is 55.0 Å². The smallest absolute Gasteiger partial charge is 0.138 e. The quantitative estimate of drug-likeness (QED) is 0.557. The summed E-state index contributed by atoms with van der Waals surface area (Å²) in [5, 5.41) is 10.6. The zero-order valence-corrected chi connectivity index (χ0v) is 11.6. The van der Waals surface area contributed by atoms with Gasteiger partial charge in [0, 0.05) is 25.7 Å².